The number of rotatable bonds is 3. The molecule has 0 aliphatic rings. The van der Waals surface area contributed by atoms with Gasteiger partial charge in [0.1, 0.15) is 11.9 Å². The van der Waals surface area contributed by atoms with E-state index in [9.17, 15) is 9.50 Å². The van der Waals surface area contributed by atoms with Crippen molar-refractivity contribution in [2.45, 2.75) is 12.5 Å². The number of aromatic nitrogens is 1. The first-order valence-corrected chi connectivity index (χ1v) is 6.06. The highest BCUT2D eigenvalue weighted by molar-refractivity contribution is 6.31. The lowest BCUT2D eigenvalue weighted by Gasteiger charge is -2.12. The number of hydrogen-bond acceptors (Lipinski definition) is 2. The van der Waals surface area contributed by atoms with Crippen molar-refractivity contribution in [2.24, 2.45) is 0 Å². The number of aliphatic hydroxyl groups is 1. The van der Waals surface area contributed by atoms with Gasteiger partial charge in [-0.05, 0) is 35.9 Å². The molecule has 0 saturated heterocycles. The highest BCUT2D eigenvalue weighted by Gasteiger charge is 2.15. The van der Waals surface area contributed by atoms with Crippen molar-refractivity contribution in [1.82, 2.24) is 4.98 Å². The minimum atomic E-state index is -0.966. The maximum atomic E-state index is 13.5. The van der Waals surface area contributed by atoms with Crippen molar-refractivity contribution in [3.05, 3.63) is 63.6 Å². The molecule has 0 radical (unpaired) electrons. The van der Waals surface area contributed by atoms with Crippen molar-refractivity contribution < 1.29 is 9.50 Å². The van der Waals surface area contributed by atoms with Gasteiger partial charge in [-0.3, -0.25) is 4.98 Å². The summed E-state index contributed by atoms with van der Waals surface area (Å²) in [6.07, 6.45) is 0.633. The molecule has 1 atom stereocenters. The highest BCUT2D eigenvalue weighted by Crippen LogP contribution is 2.25. The number of nitrogens with zero attached hydrogens (tertiary/aromatic N) is 1. The molecule has 94 valence electrons. The van der Waals surface area contributed by atoms with Crippen LogP contribution in [0.25, 0.3) is 0 Å². The van der Waals surface area contributed by atoms with Crippen LogP contribution in [-0.4, -0.2) is 10.1 Å². The number of benzene rings is 1. The summed E-state index contributed by atoms with van der Waals surface area (Å²) < 4.78 is 13.5. The van der Waals surface area contributed by atoms with Crippen LogP contribution < -0.4 is 0 Å². The highest BCUT2D eigenvalue weighted by atomic mass is 35.5. The second-order valence-electron chi connectivity index (χ2n) is 3.83. The Morgan fingerprint density at radius 3 is 2.78 bits per heavy atom. The first kappa shape index (κ1) is 13.3. The standard InChI is InChI=1S/C13H10Cl2FNO/c14-9-3-4-11(16)8(6-9)7-12(18)13-10(15)2-1-5-17-13/h1-6,12,18H,7H2. The van der Waals surface area contributed by atoms with Crippen LogP contribution >= 0.6 is 23.2 Å². The van der Waals surface area contributed by atoms with Crippen molar-refractivity contribution >= 4 is 23.2 Å². The largest absolute Gasteiger partial charge is 0.386 e. The number of aliphatic hydroxyl groups excluding tert-OH is 1. The lowest BCUT2D eigenvalue weighted by atomic mass is 10.0. The summed E-state index contributed by atoms with van der Waals surface area (Å²) in [4.78, 5) is 3.99. The van der Waals surface area contributed by atoms with Crippen molar-refractivity contribution in [1.29, 1.82) is 0 Å². The van der Waals surface area contributed by atoms with E-state index in [4.69, 9.17) is 23.2 Å². The van der Waals surface area contributed by atoms with Gasteiger partial charge in [0.2, 0.25) is 0 Å². The van der Waals surface area contributed by atoms with Gasteiger partial charge in [-0.1, -0.05) is 23.2 Å². The van der Waals surface area contributed by atoms with Gasteiger partial charge in [0.15, 0.2) is 0 Å². The molecule has 0 fully saturated rings. The van der Waals surface area contributed by atoms with E-state index in [1.54, 1.807) is 12.1 Å². The lowest BCUT2D eigenvalue weighted by molar-refractivity contribution is 0.172. The second-order valence-corrected chi connectivity index (χ2v) is 4.67. The van der Waals surface area contributed by atoms with Crippen LogP contribution in [0.1, 0.15) is 17.4 Å². The van der Waals surface area contributed by atoms with Crippen LogP contribution in [0.3, 0.4) is 0 Å². The minimum absolute atomic E-state index is 0.0725. The molecule has 5 heteroatoms. The van der Waals surface area contributed by atoms with E-state index in [1.807, 2.05) is 0 Å². The third-order valence-corrected chi connectivity index (χ3v) is 3.08. The zero-order valence-electron chi connectivity index (χ0n) is 9.28. The molecule has 18 heavy (non-hydrogen) atoms. The molecule has 0 spiro atoms. The minimum Gasteiger partial charge on any atom is -0.386 e. The molecule has 1 heterocycles. The molecule has 0 aliphatic carbocycles. The second kappa shape index (κ2) is 5.65. The van der Waals surface area contributed by atoms with Gasteiger partial charge in [0.05, 0.1) is 10.7 Å². The van der Waals surface area contributed by atoms with Crippen LogP contribution in [-0.2, 0) is 6.42 Å². The van der Waals surface area contributed by atoms with E-state index in [-0.39, 0.29) is 6.42 Å². The monoisotopic (exact) mass is 285 g/mol. The fourth-order valence-electron chi connectivity index (χ4n) is 1.65. The Labute approximate surface area is 114 Å². The van der Waals surface area contributed by atoms with Crippen LogP contribution in [0.15, 0.2) is 36.5 Å². The number of pyridine rings is 1. The Balaban J connectivity index is 2.24. The van der Waals surface area contributed by atoms with E-state index in [0.29, 0.717) is 21.3 Å². The Hall–Kier alpha value is -1.16. The van der Waals surface area contributed by atoms with Crippen LogP contribution in [0.2, 0.25) is 10.0 Å². The molecular weight excluding hydrogens is 276 g/mol. The zero-order valence-corrected chi connectivity index (χ0v) is 10.8. The van der Waals surface area contributed by atoms with Crippen molar-refractivity contribution in [2.75, 3.05) is 0 Å². The molecule has 2 aromatic rings. The lowest BCUT2D eigenvalue weighted by Crippen LogP contribution is -2.06. The third-order valence-electron chi connectivity index (χ3n) is 2.52. The van der Waals surface area contributed by atoms with Gasteiger partial charge in [-0.25, -0.2) is 4.39 Å². The number of hydrogen-bond donors (Lipinski definition) is 1. The van der Waals surface area contributed by atoms with Gasteiger partial charge < -0.3 is 5.11 Å². The van der Waals surface area contributed by atoms with Gasteiger partial charge >= 0.3 is 0 Å². The molecule has 1 aromatic heterocycles. The number of halogens is 3. The van der Waals surface area contributed by atoms with Crippen molar-refractivity contribution in [3.63, 3.8) is 0 Å². The topological polar surface area (TPSA) is 33.1 Å². The van der Waals surface area contributed by atoms with Gasteiger partial charge in [-0.2, -0.15) is 0 Å². The summed E-state index contributed by atoms with van der Waals surface area (Å²) >= 11 is 11.7. The first-order chi connectivity index (χ1) is 8.58. The molecule has 2 rings (SSSR count). The van der Waals surface area contributed by atoms with Gasteiger partial charge in [0.25, 0.3) is 0 Å². The van der Waals surface area contributed by atoms with Crippen LogP contribution in [0, 0.1) is 5.82 Å². The summed E-state index contributed by atoms with van der Waals surface area (Å²) in [5, 5.41) is 10.8. The Morgan fingerprint density at radius 2 is 2.06 bits per heavy atom. The fourth-order valence-corrected chi connectivity index (χ4v) is 2.09. The summed E-state index contributed by atoms with van der Waals surface area (Å²) in [6, 6.07) is 7.50. The SMILES string of the molecule is OC(Cc1cc(Cl)ccc1F)c1ncccc1Cl. The normalized spacial score (nSPS) is 12.4. The van der Waals surface area contributed by atoms with E-state index >= 15 is 0 Å². The molecule has 0 aliphatic heterocycles. The zero-order chi connectivity index (χ0) is 13.1. The maximum Gasteiger partial charge on any atom is 0.126 e. The van der Waals surface area contributed by atoms with Gasteiger partial charge in [-0.15, -0.1) is 0 Å². The van der Waals surface area contributed by atoms with E-state index in [2.05, 4.69) is 4.98 Å². The molecular formula is C13H10Cl2FNO. The third kappa shape index (κ3) is 2.99. The Morgan fingerprint density at radius 1 is 1.28 bits per heavy atom. The Kier molecular flexibility index (Phi) is 4.17. The molecule has 0 bridgehead atoms. The maximum absolute atomic E-state index is 13.5. The molecule has 1 unspecified atom stereocenters. The van der Waals surface area contributed by atoms with Crippen LogP contribution in [0.5, 0.6) is 0 Å². The van der Waals surface area contributed by atoms with Crippen LogP contribution in [0.4, 0.5) is 4.39 Å². The fraction of sp³-hybridized carbons (Fsp3) is 0.154. The van der Waals surface area contributed by atoms with E-state index in [0.717, 1.165) is 0 Å². The first-order valence-electron chi connectivity index (χ1n) is 5.30. The molecule has 0 amide bonds. The molecule has 2 nitrogen and oxygen atoms in total. The van der Waals surface area contributed by atoms with E-state index in [1.165, 1.54) is 24.4 Å². The average Bonchev–Trinajstić information content (AvgIpc) is 2.34. The summed E-state index contributed by atoms with van der Waals surface area (Å²) in [7, 11) is 0. The molecule has 1 N–H and O–H groups in total. The predicted molar refractivity (Wildman–Crippen MR) is 69.3 cm³/mol. The van der Waals surface area contributed by atoms with E-state index < -0.39 is 11.9 Å². The smallest absolute Gasteiger partial charge is 0.126 e. The molecule has 0 saturated carbocycles. The predicted octanol–water partition coefficient (Wildman–Crippen LogP) is 3.80. The average molecular weight is 286 g/mol. The van der Waals surface area contributed by atoms with Crippen molar-refractivity contribution in [3.8, 4) is 0 Å². The van der Waals surface area contributed by atoms with Gasteiger partial charge in [0, 0.05) is 17.6 Å². The Bertz CT molecular complexity index is 562. The quantitative estimate of drug-likeness (QED) is 0.930. The summed E-state index contributed by atoms with van der Waals surface area (Å²) in [5.74, 6) is -0.412. The summed E-state index contributed by atoms with van der Waals surface area (Å²) in [5.41, 5.74) is 0.662. The molecule has 1 aromatic carbocycles. The summed E-state index contributed by atoms with van der Waals surface area (Å²) in [6.45, 7) is 0.